The van der Waals surface area contributed by atoms with Gasteiger partial charge in [-0.3, -0.25) is 4.79 Å². The number of halogens is 1. The van der Waals surface area contributed by atoms with Gasteiger partial charge in [-0.2, -0.15) is 0 Å². The summed E-state index contributed by atoms with van der Waals surface area (Å²) in [4.78, 5) is 10.8. The summed E-state index contributed by atoms with van der Waals surface area (Å²) in [5.41, 5.74) is 3.08. The largest absolute Gasteiger partial charge is 0.298 e. The molecular formula is C14H11BrO. The molecule has 0 saturated carbocycles. The first-order valence-corrected chi connectivity index (χ1v) is 5.87. The van der Waals surface area contributed by atoms with Crippen LogP contribution in [0.3, 0.4) is 0 Å². The maximum Gasteiger partial charge on any atom is 0.151 e. The van der Waals surface area contributed by atoms with Crippen LogP contribution in [0.15, 0.2) is 53.0 Å². The number of carbonyl (C=O) groups excluding carboxylic acids is 1. The van der Waals surface area contributed by atoms with Gasteiger partial charge in [0.25, 0.3) is 0 Å². The number of aldehydes is 1. The van der Waals surface area contributed by atoms with Crippen molar-refractivity contribution in [2.24, 2.45) is 0 Å². The smallest absolute Gasteiger partial charge is 0.151 e. The highest BCUT2D eigenvalue weighted by atomic mass is 79.9. The third-order valence-electron chi connectivity index (χ3n) is 2.47. The van der Waals surface area contributed by atoms with Gasteiger partial charge in [0, 0.05) is 10.0 Å². The van der Waals surface area contributed by atoms with Crippen molar-refractivity contribution in [2.45, 2.75) is 6.42 Å². The summed E-state index contributed by atoms with van der Waals surface area (Å²) in [6.07, 6.45) is 1.71. The molecule has 0 saturated heterocycles. The molecule has 2 aromatic carbocycles. The molecule has 0 amide bonds. The zero-order chi connectivity index (χ0) is 11.4. The molecule has 1 nitrogen and oxygen atoms in total. The lowest BCUT2D eigenvalue weighted by Gasteiger charge is -2.06. The molecule has 80 valence electrons. The second-order valence-electron chi connectivity index (χ2n) is 3.60. The topological polar surface area (TPSA) is 17.1 Å². The van der Waals surface area contributed by atoms with Crippen molar-refractivity contribution >= 4 is 22.2 Å². The van der Waals surface area contributed by atoms with Gasteiger partial charge >= 0.3 is 0 Å². The van der Waals surface area contributed by atoms with E-state index in [9.17, 15) is 4.79 Å². The van der Waals surface area contributed by atoms with Crippen molar-refractivity contribution in [3.05, 3.63) is 69.7 Å². The normalized spacial score (nSPS) is 10.1. The molecule has 0 atom stereocenters. The summed E-state index contributed by atoms with van der Waals surface area (Å²) < 4.78 is 0.897. The average Bonchev–Trinajstić information content (AvgIpc) is 2.33. The van der Waals surface area contributed by atoms with Gasteiger partial charge in [-0.1, -0.05) is 48.5 Å². The number of carbonyl (C=O) groups is 1. The molecule has 2 heteroatoms. The number of rotatable bonds is 3. The van der Waals surface area contributed by atoms with Crippen LogP contribution in [0.5, 0.6) is 0 Å². The maximum absolute atomic E-state index is 10.8. The van der Waals surface area contributed by atoms with Crippen LogP contribution in [-0.4, -0.2) is 6.29 Å². The number of hydrogen-bond acceptors (Lipinski definition) is 1. The Morgan fingerprint density at radius 2 is 1.75 bits per heavy atom. The van der Waals surface area contributed by atoms with E-state index in [1.54, 1.807) is 0 Å². The molecule has 0 fully saturated rings. The zero-order valence-electron chi connectivity index (χ0n) is 8.69. The van der Waals surface area contributed by atoms with Crippen LogP contribution >= 0.6 is 15.9 Å². The Kier molecular flexibility index (Phi) is 3.52. The first-order chi connectivity index (χ1) is 7.81. The first-order valence-electron chi connectivity index (χ1n) is 5.08. The van der Waals surface area contributed by atoms with Crippen LogP contribution in [0.1, 0.15) is 21.5 Å². The molecule has 0 heterocycles. The maximum atomic E-state index is 10.8. The summed E-state index contributed by atoms with van der Waals surface area (Å²) in [5, 5.41) is 0. The van der Waals surface area contributed by atoms with Gasteiger partial charge in [-0.05, 0) is 33.5 Å². The van der Waals surface area contributed by atoms with E-state index >= 15 is 0 Å². The van der Waals surface area contributed by atoms with E-state index in [0.29, 0.717) is 5.56 Å². The Hall–Kier alpha value is -1.41. The Labute approximate surface area is 103 Å². The summed E-state index contributed by atoms with van der Waals surface area (Å²) in [5.74, 6) is 0. The second kappa shape index (κ2) is 5.08. The predicted molar refractivity (Wildman–Crippen MR) is 68.8 cm³/mol. The average molecular weight is 275 g/mol. The third kappa shape index (κ3) is 2.39. The van der Waals surface area contributed by atoms with E-state index < -0.39 is 0 Å². The monoisotopic (exact) mass is 274 g/mol. The lowest BCUT2D eigenvalue weighted by molar-refractivity contribution is 0.112. The summed E-state index contributed by atoms with van der Waals surface area (Å²) >= 11 is 3.47. The van der Waals surface area contributed by atoms with Crippen LogP contribution in [-0.2, 0) is 6.42 Å². The second-order valence-corrected chi connectivity index (χ2v) is 4.39. The predicted octanol–water partition coefficient (Wildman–Crippen LogP) is 3.85. The van der Waals surface area contributed by atoms with E-state index in [1.807, 2.05) is 36.4 Å². The minimum absolute atomic E-state index is 0.702. The number of benzene rings is 2. The molecule has 0 bridgehead atoms. The van der Waals surface area contributed by atoms with Crippen molar-refractivity contribution in [2.75, 3.05) is 0 Å². The van der Waals surface area contributed by atoms with E-state index in [0.717, 1.165) is 22.7 Å². The molecular weight excluding hydrogens is 264 g/mol. The molecule has 0 aliphatic carbocycles. The summed E-state index contributed by atoms with van der Waals surface area (Å²) in [6, 6.07) is 16.0. The van der Waals surface area contributed by atoms with E-state index in [2.05, 4.69) is 28.1 Å². The molecule has 0 radical (unpaired) electrons. The van der Waals surface area contributed by atoms with Crippen LogP contribution < -0.4 is 0 Å². The molecule has 0 unspecified atom stereocenters. The van der Waals surface area contributed by atoms with Crippen LogP contribution in [0.4, 0.5) is 0 Å². The van der Waals surface area contributed by atoms with E-state index in [1.165, 1.54) is 5.56 Å². The summed E-state index contributed by atoms with van der Waals surface area (Å²) in [7, 11) is 0. The van der Waals surface area contributed by atoms with Crippen molar-refractivity contribution in [3.8, 4) is 0 Å². The molecule has 2 rings (SSSR count). The van der Waals surface area contributed by atoms with Gasteiger partial charge in [0.05, 0.1) is 0 Å². The molecule has 0 aliphatic heterocycles. The number of hydrogen-bond donors (Lipinski definition) is 0. The Morgan fingerprint density at radius 3 is 2.44 bits per heavy atom. The van der Waals surface area contributed by atoms with Gasteiger partial charge in [-0.25, -0.2) is 0 Å². The van der Waals surface area contributed by atoms with Gasteiger partial charge in [-0.15, -0.1) is 0 Å². The van der Waals surface area contributed by atoms with Gasteiger partial charge in [0.1, 0.15) is 0 Å². The third-order valence-corrected chi connectivity index (χ3v) is 3.44. The molecule has 0 N–H and O–H groups in total. The Morgan fingerprint density at radius 1 is 1.00 bits per heavy atom. The minimum atomic E-state index is 0.702. The van der Waals surface area contributed by atoms with Gasteiger partial charge in [0.15, 0.2) is 6.29 Å². The highest BCUT2D eigenvalue weighted by Crippen LogP contribution is 2.23. The molecule has 2 aromatic rings. The van der Waals surface area contributed by atoms with Crippen molar-refractivity contribution in [1.29, 1.82) is 0 Å². The summed E-state index contributed by atoms with van der Waals surface area (Å²) in [6.45, 7) is 0. The molecule has 0 spiro atoms. The van der Waals surface area contributed by atoms with Gasteiger partial charge in [0.2, 0.25) is 0 Å². The fourth-order valence-electron chi connectivity index (χ4n) is 1.64. The fourth-order valence-corrected chi connectivity index (χ4v) is 2.14. The highest BCUT2D eigenvalue weighted by molar-refractivity contribution is 9.10. The van der Waals surface area contributed by atoms with Crippen molar-refractivity contribution < 1.29 is 4.79 Å². The minimum Gasteiger partial charge on any atom is -0.298 e. The quantitative estimate of drug-likeness (QED) is 0.777. The zero-order valence-corrected chi connectivity index (χ0v) is 10.3. The van der Waals surface area contributed by atoms with E-state index in [4.69, 9.17) is 0 Å². The Bertz CT molecular complexity index is 491. The molecule has 16 heavy (non-hydrogen) atoms. The lowest BCUT2D eigenvalue weighted by atomic mass is 10.0. The van der Waals surface area contributed by atoms with Crippen LogP contribution in [0.25, 0.3) is 0 Å². The van der Waals surface area contributed by atoms with E-state index in [-0.39, 0.29) is 0 Å². The van der Waals surface area contributed by atoms with Crippen LogP contribution in [0, 0.1) is 0 Å². The standard InChI is InChI=1S/C14H11BrO/c15-14-12(7-4-8-13(14)10-16)9-11-5-2-1-3-6-11/h1-8,10H,9H2. The Balaban J connectivity index is 2.32. The molecule has 0 aliphatic rings. The van der Waals surface area contributed by atoms with Crippen LogP contribution in [0.2, 0.25) is 0 Å². The van der Waals surface area contributed by atoms with Crippen molar-refractivity contribution in [3.63, 3.8) is 0 Å². The lowest BCUT2D eigenvalue weighted by Crippen LogP contribution is -1.92. The SMILES string of the molecule is O=Cc1cccc(Cc2ccccc2)c1Br. The van der Waals surface area contributed by atoms with Gasteiger partial charge < -0.3 is 0 Å². The molecule has 0 aromatic heterocycles. The first kappa shape index (κ1) is 11.1. The van der Waals surface area contributed by atoms with Crippen molar-refractivity contribution in [1.82, 2.24) is 0 Å². The fraction of sp³-hybridized carbons (Fsp3) is 0.0714. The highest BCUT2D eigenvalue weighted by Gasteiger charge is 2.05.